The Morgan fingerprint density at radius 1 is 0.358 bits per heavy atom. The Bertz CT molecular complexity index is 865. The van der Waals surface area contributed by atoms with Crippen LogP contribution in [-0.4, -0.2) is 37.2 Å². The highest BCUT2D eigenvalue weighted by atomic mass is 16.6. The molecule has 0 aliphatic rings. The molecule has 0 spiro atoms. The van der Waals surface area contributed by atoms with Crippen molar-refractivity contribution in [3.8, 4) is 0 Å². The lowest BCUT2D eigenvalue weighted by atomic mass is 10.1. The van der Waals surface area contributed by atoms with E-state index in [0.29, 0.717) is 19.3 Å². The Hall–Kier alpha value is -2.11. The maximum atomic E-state index is 12.6. The lowest BCUT2D eigenvalue weighted by Gasteiger charge is -2.18. The fraction of sp³-hybridized carbons (Fsp3) is 0.851. The van der Waals surface area contributed by atoms with E-state index < -0.39 is 6.10 Å². The van der Waals surface area contributed by atoms with Gasteiger partial charge in [0.2, 0.25) is 0 Å². The monoisotopic (exact) mass is 747 g/mol. The summed E-state index contributed by atoms with van der Waals surface area (Å²) in [5.41, 5.74) is 0. The first kappa shape index (κ1) is 50.9. The first-order valence-electron chi connectivity index (χ1n) is 22.8. The number of esters is 3. The summed E-state index contributed by atoms with van der Waals surface area (Å²) in [6.45, 7) is 6.52. The molecule has 0 rings (SSSR count). The van der Waals surface area contributed by atoms with Crippen molar-refractivity contribution in [1.82, 2.24) is 0 Å². The molecule has 6 heteroatoms. The molecule has 1 unspecified atom stereocenters. The zero-order valence-electron chi connectivity index (χ0n) is 35.3. The Balaban J connectivity index is 4.21. The van der Waals surface area contributed by atoms with Gasteiger partial charge in [0.15, 0.2) is 6.10 Å². The molecule has 0 radical (unpaired) electrons. The highest BCUT2D eigenvalue weighted by molar-refractivity contribution is 5.71. The molecular weight excluding hydrogens is 661 g/mol. The number of unbranched alkanes of at least 4 members (excludes halogenated alkanes) is 26. The Kier molecular flexibility index (Phi) is 40.9. The SMILES string of the molecule is CCCCCC/C=C\CCCCCCCC(=O)OC(COC(=O)CCCCCCC)COC(=O)CCCCCCCCC/C=C\CCCCCCCC. The van der Waals surface area contributed by atoms with Crippen LogP contribution in [0.1, 0.15) is 239 Å². The molecule has 0 aromatic heterocycles. The molecule has 0 saturated carbocycles. The lowest BCUT2D eigenvalue weighted by molar-refractivity contribution is -0.167. The van der Waals surface area contributed by atoms with Crippen LogP contribution in [0.15, 0.2) is 24.3 Å². The number of hydrogen-bond donors (Lipinski definition) is 0. The summed E-state index contributed by atoms with van der Waals surface area (Å²) in [7, 11) is 0. The van der Waals surface area contributed by atoms with E-state index in [9.17, 15) is 14.4 Å². The third-order valence-corrected chi connectivity index (χ3v) is 9.93. The molecule has 0 aromatic carbocycles. The number of carbonyl (C=O) groups excluding carboxylic acids is 3. The maximum absolute atomic E-state index is 12.6. The second-order valence-corrected chi connectivity index (χ2v) is 15.3. The molecule has 1 atom stereocenters. The smallest absolute Gasteiger partial charge is 0.306 e. The predicted octanol–water partition coefficient (Wildman–Crippen LogP) is 14.4. The van der Waals surface area contributed by atoms with Crippen molar-refractivity contribution in [3.63, 3.8) is 0 Å². The van der Waals surface area contributed by atoms with Gasteiger partial charge in [-0.3, -0.25) is 14.4 Å². The minimum atomic E-state index is -0.769. The summed E-state index contributed by atoms with van der Waals surface area (Å²) in [5, 5.41) is 0. The van der Waals surface area contributed by atoms with Gasteiger partial charge in [-0.05, 0) is 70.6 Å². The van der Waals surface area contributed by atoms with E-state index in [1.54, 1.807) is 0 Å². The second kappa shape index (κ2) is 42.6. The Labute approximate surface area is 328 Å². The van der Waals surface area contributed by atoms with Crippen LogP contribution >= 0.6 is 0 Å². The van der Waals surface area contributed by atoms with Crippen LogP contribution in [0.25, 0.3) is 0 Å². The minimum absolute atomic E-state index is 0.0755. The van der Waals surface area contributed by atoms with Crippen molar-refractivity contribution in [2.24, 2.45) is 0 Å². The molecule has 0 heterocycles. The zero-order chi connectivity index (χ0) is 38.7. The predicted molar refractivity (Wildman–Crippen MR) is 224 cm³/mol. The van der Waals surface area contributed by atoms with Gasteiger partial charge in [-0.1, -0.05) is 173 Å². The summed E-state index contributed by atoms with van der Waals surface area (Å²) in [5.74, 6) is -0.899. The fourth-order valence-corrected chi connectivity index (χ4v) is 6.43. The standard InChI is InChI=1S/C47H86O6/c1-4-7-10-13-15-17-19-21-22-23-24-26-27-29-31-34-37-40-46(49)52-43-44(42-51-45(48)39-36-33-12-9-6-3)53-47(50)41-38-35-32-30-28-25-20-18-16-14-11-8-5-2/h18,20-22,44H,4-17,19,23-43H2,1-3H3/b20-18-,22-21-. The van der Waals surface area contributed by atoms with E-state index >= 15 is 0 Å². The van der Waals surface area contributed by atoms with Crippen LogP contribution in [0, 0.1) is 0 Å². The van der Waals surface area contributed by atoms with Gasteiger partial charge in [0.05, 0.1) is 0 Å². The molecule has 0 amide bonds. The third kappa shape index (κ3) is 40.9. The first-order chi connectivity index (χ1) is 26.0. The van der Waals surface area contributed by atoms with Gasteiger partial charge in [-0.15, -0.1) is 0 Å². The van der Waals surface area contributed by atoms with Gasteiger partial charge in [0.1, 0.15) is 13.2 Å². The fourth-order valence-electron chi connectivity index (χ4n) is 6.43. The molecule has 310 valence electrons. The molecule has 6 nitrogen and oxygen atoms in total. The van der Waals surface area contributed by atoms with E-state index in [2.05, 4.69) is 45.1 Å². The van der Waals surface area contributed by atoms with Crippen LogP contribution in [0.4, 0.5) is 0 Å². The molecule has 0 aromatic rings. The van der Waals surface area contributed by atoms with E-state index in [0.717, 1.165) is 70.6 Å². The van der Waals surface area contributed by atoms with Crippen molar-refractivity contribution in [2.45, 2.75) is 245 Å². The minimum Gasteiger partial charge on any atom is -0.462 e. The van der Waals surface area contributed by atoms with Crippen molar-refractivity contribution < 1.29 is 28.6 Å². The Morgan fingerprint density at radius 3 is 0.962 bits per heavy atom. The molecule has 0 bridgehead atoms. The van der Waals surface area contributed by atoms with Gasteiger partial charge in [-0.25, -0.2) is 0 Å². The van der Waals surface area contributed by atoms with Gasteiger partial charge in [0.25, 0.3) is 0 Å². The lowest BCUT2D eigenvalue weighted by Crippen LogP contribution is -2.30. The third-order valence-electron chi connectivity index (χ3n) is 9.93. The molecule has 0 N–H and O–H groups in total. The van der Waals surface area contributed by atoms with Crippen LogP contribution < -0.4 is 0 Å². The molecule has 53 heavy (non-hydrogen) atoms. The summed E-state index contributed by atoms with van der Waals surface area (Å²) in [4.78, 5) is 37.5. The topological polar surface area (TPSA) is 78.9 Å². The number of ether oxygens (including phenoxy) is 3. The van der Waals surface area contributed by atoms with Gasteiger partial charge in [0, 0.05) is 19.3 Å². The average molecular weight is 747 g/mol. The highest BCUT2D eigenvalue weighted by Crippen LogP contribution is 2.14. The number of hydrogen-bond acceptors (Lipinski definition) is 6. The molecule has 0 saturated heterocycles. The first-order valence-corrected chi connectivity index (χ1v) is 22.8. The van der Waals surface area contributed by atoms with Crippen molar-refractivity contribution in [1.29, 1.82) is 0 Å². The average Bonchev–Trinajstić information content (AvgIpc) is 3.15. The van der Waals surface area contributed by atoms with Gasteiger partial charge in [-0.2, -0.15) is 0 Å². The van der Waals surface area contributed by atoms with Gasteiger partial charge < -0.3 is 14.2 Å². The molecular formula is C47H86O6. The maximum Gasteiger partial charge on any atom is 0.306 e. The van der Waals surface area contributed by atoms with Crippen molar-refractivity contribution >= 4 is 17.9 Å². The van der Waals surface area contributed by atoms with E-state index in [1.807, 2.05) is 0 Å². The van der Waals surface area contributed by atoms with E-state index in [4.69, 9.17) is 14.2 Å². The Morgan fingerprint density at radius 2 is 0.623 bits per heavy atom. The normalized spacial score (nSPS) is 12.1. The summed E-state index contributed by atoms with van der Waals surface area (Å²) < 4.78 is 16.6. The quantitative estimate of drug-likeness (QED) is 0.0268. The summed E-state index contributed by atoms with van der Waals surface area (Å²) >= 11 is 0. The van der Waals surface area contributed by atoms with Crippen molar-refractivity contribution in [3.05, 3.63) is 24.3 Å². The number of allylic oxidation sites excluding steroid dienone is 4. The number of carbonyl (C=O) groups is 3. The van der Waals surface area contributed by atoms with Crippen LogP contribution in [0.2, 0.25) is 0 Å². The molecule has 0 aliphatic heterocycles. The molecule has 0 fully saturated rings. The largest absolute Gasteiger partial charge is 0.462 e. The number of rotatable bonds is 41. The van der Waals surface area contributed by atoms with Crippen molar-refractivity contribution in [2.75, 3.05) is 13.2 Å². The van der Waals surface area contributed by atoms with Crippen LogP contribution in [-0.2, 0) is 28.6 Å². The van der Waals surface area contributed by atoms with Crippen LogP contribution in [0.3, 0.4) is 0 Å². The molecule has 0 aliphatic carbocycles. The van der Waals surface area contributed by atoms with Crippen LogP contribution in [0.5, 0.6) is 0 Å². The zero-order valence-corrected chi connectivity index (χ0v) is 35.3. The summed E-state index contributed by atoms with van der Waals surface area (Å²) in [6, 6.07) is 0. The highest BCUT2D eigenvalue weighted by Gasteiger charge is 2.19. The van der Waals surface area contributed by atoms with E-state index in [-0.39, 0.29) is 31.1 Å². The van der Waals surface area contributed by atoms with E-state index in [1.165, 1.54) is 128 Å². The second-order valence-electron chi connectivity index (χ2n) is 15.3. The van der Waals surface area contributed by atoms with Gasteiger partial charge >= 0.3 is 17.9 Å². The summed E-state index contributed by atoms with van der Waals surface area (Å²) in [6.07, 6.45) is 46.2.